The van der Waals surface area contributed by atoms with Crippen LogP contribution in [0, 0.1) is 11.8 Å². The van der Waals surface area contributed by atoms with Gasteiger partial charge in [-0.15, -0.1) is 0 Å². The molecule has 2 atom stereocenters. The number of hydrogen-bond donors (Lipinski definition) is 1. The van der Waals surface area contributed by atoms with E-state index in [2.05, 4.69) is 41.4 Å². The number of nitrogens with zero attached hydrogens (tertiary/aromatic N) is 1. The summed E-state index contributed by atoms with van der Waals surface area (Å²) in [4.78, 5) is 14.2. The second-order valence-electron chi connectivity index (χ2n) is 6.57. The number of carbonyl (C=O) groups is 1. The zero-order chi connectivity index (χ0) is 14.7. The minimum atomic E-state index is 0.243. The van der Waals surface area contributed by atoms with Crippen LogP contribution in [0.3, 0.4) is 0 Å². The average molecular weight is 286 g/mol. The zero-order valence-electron chi connectivity index (χ0n) is 13.0. The van der Waals surface area contributed by atoms with Crippen LogP contribution >= 0.6 is 0 Å². The Kier molecular flexibility index (Phi) is 4.47. The van der Waals surface area contributed by atoms with Gasteiger partial charge >= 0.3 is 0 Å². The molecule has 3 rings (SSSR count). The van der Waals surface area contributed by atoms with Crippen molar-refractivity contribution in [2.45, 2.75) is 39.0 Å². The SMILES string of the molecule is C[C@@H]1C[C@@H]1C(=O)NCCc1ccc(N2CCCCC2)cc1. The minimum absolute atomic E-state index is 0.243. The van der Waals surface area contributed by atoms with E-state index >= 15 is 0 Å². The number of carbonyl (C=O) groups excluding carboxylic acids is 1. The highest BCUT2D eigenvalue weighted by atomic mass is 16.2. The van der Waals surface area contributed by atoms with E-state index in [1.54, 1.807) is 0 Å². The van der Waals surface area contributed by atoms with Gasteiger partial charge < -0.3 is 10.2 Å². The first-order valence-electron chi connectivity index (χ1n) is 8.35. The Labute approximate surface area is 127 Å². The van der Waals surface area contributed by atoms with Crippen molar-refractivity contribution in [1.82, 2.24) is 5.32 Å². The molecule has 21 heavy (non-hydrogen) atoms. The lowest BCUT2D eigenvalue weighted by Gasteiger charge is -2.28. The summed E-state index contributed by atoms with van der Waals surface area (Å²) in [6.45, 7) is 5.28. The number of hydrogen-bond acceptors (Lipinski definition) is 2. The quantitative estimate of drug-likeness (QED) is 0.902. The molecule has 0 radical (unpaired) electrons. The van der Waals surface area contributed by atoms with E-state index in [0.717, 1.165) is 19.4 Å². The molecule has 0 spiro atoms. The van der Waals surface area contributed by atoms with E-state index in [-0.39, 0.29) is 11.8 Å². The van der Waals surface area contributed by atoms with Gasteiger partial charge in [0.25, 0.3) is 0 Å². The van der Waals surface area contributed by atoms with E-state index in [1.165, 1.54) is 43.6 Å². The Morgan fingerprint density at radius 3 is 2.48 bits per heavy atom. The highest BCUT2D eigenvalue weighted by molar-refractivity contribution is 5.81. The summed E-state index contributed by atoms with van der Waals surface area (Å²) >= 11 is 0. The predicted molar refractivity (Wildman–Crippen MR) is 86.5 cm³/mol. The third-order valence-corrected chi connectivity index (χ3v) is 4.82. The van der Waals surface area contributed by atoms with Crippen LogP contribution in [0.5, 0.6) is 0 Å². The van der Waals surface area contributed by atoms with Gasteiger partial charge in [-0.25, -0.2) is 0 Å². The molecule has 3 heteroatoms. The van der Waals surface area contributed by atoms with E-state index in [9.17, 15) is 4.79 Å². The van der Waals surface area contributed by atoms with Crippen molar-refractivity contribution in [1.29, 1.82) is 0 Å². The van der Waals surface area contributed by atoms with Gasteiger partial charge in [-0.3, -0.25) is 4.79 Å². The van der Waals surface area contributed by atoms with Crippen LogP contribution in [0.1, 0.15) is 38.2 Å². The summed E-state index contributed by atoms with van der Waals surface area (Å²) in [7, 11) is 0. The molecule has 1 saturated heterocycles. The Balaban J connectivity index is 1.44. The smallest absolute Gasteiger partial charge is 0.223 e. The normalized spacial score (nSPS) is 24.7. The fourth-order valence-corrected chi connectivity index (χ4v) is 3.17. The molecule has 1 aliphatic carbocycles. The van der Waals surface area contributed by atoms with Crippen molar-refractivity contribution < 1.29 is 4.79 Å². The van der Waals surface area contributed by atoms with Crippen LogP contribution in [0.15, 0.2) is 24.3 Å². The van der Waals surface area contributed by atoms with Crippen LogP contribution in [-0.2, 0) is 11.2 Å². The molecule has 0 unspecified atom stereocenters. The number of piperidine rings is 1. The average Bonchev–Trinajstić information content (AvgIpc) is 3.26. The Morgan fingerprint density at radius 2 is 1.86 bits per heavy atom. The molecule has 0 bridgehead atoms. The molecule has 2 aliphatic rings. The predicted octanol–water partition coefficient (Wildman–Crippen LogP) is 2.99. The molecule has 2 fully saturated rings. The lowest BCUT2D eigenvalue weighted by atomic mass is 10.1. The first-order chi connectivity index (χ1) is 10.2. The van der Waals surface area contributed by atoms with Gasteiger partial charge in [0.05, 0.1) is 0 Å². The van der Waals surface area contributed by atoms with E-state index in [0.29, 0.717) is 5.92 Å². The molecule has 1 aromatic carbocycles. The number of benzene rings is 1. The van der Waals surface area contributed by atoms with Gasteiger partial charge in [-0.05, 0) is 55.7 Å². The molecule has 114 valence electrons. The van der Waals surface area contributed by atoms with Crippen LogP contribution in [0.25, 0.3) is 0 Å². The van der Waals surface area contributed by atoms with E-state index in [1.807, 2.05) is 0 Å². The third-order valence-electron chi connectivity index (χ3n) is 4.82. The Bertz CT molecular complexity index is 476. The monoisotopic (exact) mass is 286 g/mol. The summed E-state index contributed by atoms with van der Waals surface area (Å²) in [6, 6.07) is 8.86. The van der Waals surface area contributed by atoms with Crippen molar-refractivity contribution >= 4 is 11.6 Å². The Hall–Kier alpha value is -1.51. The summed E-state index contributed by atoms with van der Waals surface area (Å²) < 4.78 is 0. The second-order valence-corrected chi connectivity index (χ2v) is 6.57. The number of nitrogens with one attached hydrogen (secondary N) is 1. The molecule has 1 amide bonds. The maximum absolute atomic E-state index is 11.7. The second kappa shape index (κ2) is 6.50. The fourth-order valence-electron chi connectivity index (χ4n) is 3.17. The van der Waals surface area contributed by atoms with Crippen LogP contribution in [0.4, 0.5) is 5.69 Å². The standard InChI is InChI=1S/C18H26N2O/c1-14-13-17(14)18(21)19-10-9-15-5-7-16(8-6-15)20-11-3-2-4-12-20/h5-8,14,17H,2-4,9-13H2,1H3,(H,19,21)/t14-,17+/m1/s1. The summed E-state index contributed by atoms with van der Waals surface area (Å²) in [5, 5.41) is 3.05. The molecule has 0 aromatic heterocycles. The van der Waals surface area contributed by atoms with Gasteiger partial charge in [0.1, 0.15) is 0 Å². The van der Waals surface area contributed by atoms with E-state index in [4.69, 9.17) is 0 Å². The zero-order valence-corrected chi connectivity index (χ0v) is 13.0. The highest BCUT2D eigenvalue weighted by Crippen LogP contribution is 2.37. The third kappa shape index (κ3) is 3.78. The molecule has 1 aliphatic heterocycles. The first kappa shape index (κ1) is 14.4. The van der Waals surface area contributed by atoms with Gasteiger partial charge in [0.2, 0.25) is 5.91 Å². The van der Waals surface area contributed by atoms with Gasteiger partial charge in [0.15, 0.2) is 0 Å². The van der Waals surface area contributed by atoms with Gasteiger partial charge in [0, 0.05) is 31.2 Å². The number of rotatable bonds is 5. The van der Waals surface area contributed by atoms with Crippen LogP contribution in [0.2, 0.25) is 0 Å². The van der Waals surface area contributed by atoms with Crippen LogP contribution in [-0.4, -0.2) is 25.5 Å². The number of anilines is 1. The van der Waals surface area contributed by atoms with Crippen LogP contribution < -0.4 is 10.2 Å². The maximum atomic E-state index is 11.7. The molecular formula is C18H26N2O. The Morgan fingerprint density at radius 1 is 1.19 bits per heavy atom. The topological polar surface area (TPSA) is 32.3 Å². The molecule has 1 saturated carbocycles. The summed E-state index contributed by atoms with van der Waals surface area (Å²) in [5.74, 6) is 1.12. The largest absolute Gasteiger partial charge is 0.372 e. The lowest BCUT2D eigenvalue weighted by Crippen LogP contribution is -2.29. The lowest BCUT2D eigenvalue weighted by molar-refractivity contribution is -0.122. The first-order valence-corrected chi connectivity index (χ1v) is 8.35. The van der Waals surface area contributed by atoms with Crippen molar-refractivity contribution in [3.8, 4) is 0 Å². The number of amides is 1. The van der Waals surface area contributed by atoms with Crippen molar-refractivity contribution in [3.05, 3.63) is 29.8 Å². The van der Waals surface area contributed by atoms with E-state index < -0.39 is 0 Å². The molecule has 3 nitrogen and oxygen atoms in total. The highest BCUT2D eigenvalue weighted by Gasteiger charge is 2.38. The van der Waals surface area contributed by atoms with Crippen molar-refractivity contribution in [2.24, 2.45) is 11.8 Å². The summed E-state index contributed by atoms with van der Waals surface area (Å²) in [6.07, 6.45) is 5.98. The minimum Gasteiger partial charge on any atom is -0.372 e. The van der Waals surface area contributed by atoms with Gasteiger partial charge in [-0.1, -0.05) is 19.1 Å². The fraction of sp³-hybridized carbons (Fsp3) is 0.611. The maximum Gasteiger partial charge on any atom is 0.223 e. The molecule has 1 heterocycles. The van der Waals surface area contributed by atoms with Gasteiger partial charge in [-0.2, -0.15) is 0 Å². The van der Waals surface area contributed by atoms with Crippen molar-refractivity contribution in [3.63, 3.8) is 0 Å². The molecule has 1 N–H and O–H groups in total. The van der Waals surface area contributed by atoms with Crippen molar-refractivity contribution in [2.75, 3.05) is 24.5 Å². The molecule has 1 aromatic rings. The summed E-state index contributed by atoms with van der Waals surface area (Å²) in [5.41, 5.74) is 2.65. The molecular weight excluding hydrogens is 260 g/mol.